The van der Waals surface area contributed by atoms with Crippen LogP contribution >= 0.6 is 0 Å². The van der Waals surface area contributed by atoms with Crippen molar-refractivity contribution in [2.45, 2.75) is 39.9 Å². The van der Waals surface area contributed by atoms with Crippen molar-refractivity contribution in [3.8, 4) is 17.2 Å². The number of hydrazine groups is 2. The van der Waals surface area contributed by atoms with Crippen molar-refractivity contribution in [2.24, 2.45) is 11.7 Å². The number of aryl methyl sites for hydroxylation is 2. The fourth-order valence-electron chi connectivity index (χ4n) is 2.90. The van der Waals surface area contributed by atoms with Gasteiger partial charge in [-0.1, -0.05) is 19.9 Å². The fourth-order valence-corrected chi connectivity index (χ4v) is 2.90. The molecular formula is C20H26F2N4O4. The molecule has 30 heavy (non-hydrogen) atoms. The molecule has 0 radical (unpaired) electrons. The summed E-state index contributed by atoms with van der Waals surface area (Å²) in [6.07, 6.45) is 1.16. The van der Waals surface area contributed by atoms with Crippen molar-refractivity contribution in [2.75, 3.05) is 12.1 Å². The summed E-state index contributed by atoms with van der Waals surface area (Å²) < 4.78 is 36.3. The Hall–Kier alpha value is -3.11. The maximum absolute atomic E-state index is 12.9. The molecule has 0 fully saturated rings. The lowest BCUT2D eigenvalue weighted by Gasteiger charge is -2.24. The summed E-state index contributed by atoms with van der Waals surface area (Å²) in [7, 11) is 1.30. The quantitative estimate of drug-likeness (QED) is 0.340. The molecule has 0 spiro atoms. The Bertz CT molecular complexity index is 893. The highest BCUT2D eigenvalue weighted by Gasteiger charge is 2.22. The van der Waals surface area contributed by atoms with Gasteiger partial charge in [0, 0.05) is 7.05 Å². The van der Waals surface area contributed by atoms with Gasteiger partial charge in [0.15, 0.2) is 0 Å². The summed E-state index contributed by atoms with van der Waals surface area (Å²) in [5.41, 5.74) is 1.66. The molecule has 10 heteroatoms. The van der Waals surface area contributed by atoms with Crippen LogP contribution in [0.1, 0.15) is 30.5 Å². The highest BCUT2D eigenvalue weighted by atomic mass is 19.3. The van der Waals surface area contributed by atoms with Gasteiger partial charge in [-0.25, -0.2) is 21.5 Å². The number of nitrogens with two attached hydrogens (primary N) is 2. The van der Waals surface area contributed by atoms with Gasteiger partial charge in [0.25, 0.3) is 0 Å². The molecule has 2 aromatic carbocycles. The molecule has 2 rings (SSSR count). The number of alkyl halides is 2. The van der Waals surface area contributed by atoms with Gasteiger partial charge in [-0.3, -0.25) is 5.01 Å². The second-order valence-electron chi connectivity index (χ2n) is 6.48. The number of hydrogen-bond acceptors (Lipinski definition) is 6. The van der Waals surface area contributed by atoms with Crippen molar-refractivity contribution in [1.82, 2.24) is 5.01 Å². The number of carbonyl (C=O) groups excluding carboxylic acids is 1. The number of benzene rings is 2. The Kier molecular flexibility index (Phi) is 7.79. The molecule has 0 aliphatic carbocycles. The predicted molar refractivity (Wildman–Crippen MR) is 108 cm³/mol. The number of hydrogen-bond donors (Lipinski definition) is 3. The van der Waals surface area contributed by atoms with Gasteiger partial charge >= 0.3 is 12.6 Å². The average Bonchev–Trinajstić information content (AvgIpc) is 2.71. The van der Waals surface area contributed by atoms with Gasteiger partial charge in [-0.2, -0.15) is 8.78 Å². The zero-order chi connectivity index (χ0) is 22.4. The first-order chi connectivity index (χ1) is 14.2. The lowest BCUT2D eigenvalue weighted by atomic mass is 10.0. The molecule has 0 saturated heterocycles. The average molecular weight is 424 g/mol. The third-order valence-electron chi connectivity index (χ3n) is 4.49. The van der Waals surface area contributed by atoms with E-state index in [1.165, 1.54) is 25.2 Å². The summed E-state index contributed by atoms with van der Waals surface area (Å²) in [6, 6.07) is 6.76. The second kappa shape index (κ2) is 10.1. The zero-order valence-corrected chi connectivity index (χ0v) is 17.1. The molecule has 0 heterocycles. The van der Waals surface area contributed by atoms with E-state index in [-0.39, 0.29) is 29.4 Å². The van der Waals surface area contributed by atoms with E-state index >= 15 is 0 Å². The Morgan fingerprint density at radius 3 is 2.37 bits per heavy atom. The van der Waals surface area contributed by atoms with Crippen LogP contribution in [-0.2, 0) is 19.4 Å². The molecule has 164 valence electrons. The second-order valence-corrected chi connectivity index (χ2v) is 6.48. The monoisotopic (exact) mass is 424 g/mol. The number of ether oxygens (including phenoxy) is 2. The highest BCUT2D eigenvalue weighted by Crippen LogP contribution is 2.34. The summed E-state index contributed by atoms with van der Waals surface area (Å²) in [5, 5.41) is 11.6. The van der Waals surface area contributed by atoms with Crippen LogP contribution in [0.4, 0.5) is 19.3 Å². The van der Waals surface area contributed by atoms with E-state index in [4.69, 9.17) is 16.4 Å². The number of halogens is 2. The molecule has 5 N–H and O–H groups in total. The van der Waals surface area contributed by atoms with Crippen LogP contribution in [0.25, 0.3) is 0 Å². The van der Waals surface area contributed by atoms with E-state index < -0.39 is 12.6 Å². The summed E-state index contributed by atoms with van der Waals surface area (Å²) in [5.74, 6) is 11.8. The summed E-state index contributed by atoms with van der Waals surface area (Å²) in [6.45, 7) is 0.484. The van der Waals surface area contributed by atoms with E-state index in [0.29, 0.717) is 24.2 Å². The van der Waals surface area contributed by atoms with Crippen LogP contribution in [0.2, 0.25) is 0 Å². The highest BCUT2D eigenvalue weighted by molar-refractivity contribution is 5.91. The van der Waals surface area contributed by atoms with Crippen LogP contribution in [0.3, 0.4) is 0 Å². The number of phenolic OH excluding ortho intramolecular Hbond substituents is 1. The molecule has 0 aromatic heterocycles. The normalized spacial score (nSPS) is 10.8. The Labute approximate surface area is 173 Å². The molecule has 0 unspecified atom stereocenters. The number of nitrogens with zero attached hydrogens (tertiary/aromatic N) is 2. The molecule has 8 nitrogen and oxygen atoms in total. The number of amides is 2. The summed E-state index contributed by atoms with van der Waals surface area (Å²) >= 11 is 0. The number of urea groups is 1. The smallest absolute Gasteiger partial charge is 0.387 e. The van der Waals surface area contributed by atoms with Crippen molar-refractivity contribution in [1.29, 1.82) is 0 Å². The van der Waals surface area contributed by atoms with E-state index in [1.807, 2.05) is 13.8 Å². The number of phenols is 1. The number of rotatable bonds is 8. The number of carbonyl (C=O) groups is 1. The lowest BCUT2D eigenvalue weighted by Crippen LogP contribution is -2.49. The molecule has 0 saturated carbocycles. The number of aromatic hydroxyl groups is 1. The minimum Gasteiger partial charge on any atom is -0.508 e. The molecule has 0 bridgehead atoms. The fraction of sp³-hybridized carbons (Fsp3) is 0.350. The van der Waals surface area contributed by atoms with Crippen molar-refractivity contribution >= 4 is 11.7 Å². The molecule has 2 aromatic rings. The van der Waals surface area contributed by atoms with E-state index in [0.717, 1.165) is 15.6 Å². The largest absolute Gasteiger partial charge is 0.508 e. The third kappa shape index (κ3) is 5.28. The lowest BCUT2D eigenvalue weighted by molar-refractivity contribution is -0.0508. The van der Waals surface area contributed by atoms with Gasteiger partial charge in [0.05, 0.1) is 11.3 Å². The van der Waals surface area contributed by atoms with E-state index in [1.54, 1.807) is 12.1 Å². The first-order valence-corrected chi connectivity index (χ1v) is 9.30. The van der Waals surface area contributed by atoms with E-state index in [9.17, 15) is 18.7 Å². The van der Waals surface area contributed by atoms with E-state index in [2.05, 4.69) is 4.74 Å². The molecule has 2 amide bonds. The minimum absolute atomic E-state index is 0.1000. The first kappa shape index (κ1) is 23.2. The van der Waals surface area contributed by atoms with Crippen LogP contribution < -0.4 is 26.2 Å². The van der Waals surface area contributed by atoms with Crippen molar-refractivity contribution < 1.29 is 28.2 Å². The number of anilines is 1. The minimum atomic E-state index is -3.08. The van der Waals surface area contributed by atoms with Gasteiger partial charge < -0.3 is 14.6 Å². The van der Waals surface area contributed by atoms with Crippen LogP contribution in [0.5, 0.6) is 17.2 Å². The Balaban J connectivity index is 2.45. The van der Waals surface area contributed by atoms with Gasteiger partial charge in [0.2, 0.25) is 0 Å². The maximum Gasteiger partial charge on any atom is 0.387 e. The Morgan fingerprint density at radius 2 is 1.80 bits per heavy atom. The molecule has 0 aliphatic rings. The standard InChI is InChI=1S/C20H26F2N4O4/c1-4-12-10-18(13(5-2)9-16(12)27)29-11-14-15(26(24)20(28)25(3)23)7-6-8-17(14)30-19(21)22/h6-10,19,27H,4-5,11,23-24H2,1-3H3. The van der Waals surface area contributed by atoms with Gasteiger partial charge in [-0.05, 0) is 48.2 Å². The Morgan fingerprint density at radius 1 is 1.13 bits per heavy atom. The zero-order valence-electron chi connectivity index (χ0n) is 17.1. The molecule has 0 aliphatic heterocycles. The molecular weight excluding hydrogens is 398 g/mol. The van der Waals surface area contributed by atoms with Crippen LogP contribution in [-0.4, -0.2) is 29.8 Å². The van der Waals surface area contributed by atoms with Gasteiger partial charge in [-0.15, -0.1) is 0 Å². The van der Waals surface area contributed by atoms with Crippen molar-refractivity contribution in [3.63, 3.8) is 0 Å². The topological polar surface area (TPSA) is 114 Å². The third-order valence-corrected chi connectivity index (χ3v) is 4.49. The molecule has 0 atom stereocenters. The van der Waals surface area contributed by atoms with Crippen molar-refractivity contribution in [3.05, 3.63) is 47.0 Å². The predicted octanol–water partition coefficient (Wildman–Crippen LogP) is 3.30. The summed E-state index contributed by atoms with van der Waals surface area (Å²) in [4.78, 5) is 12.2. The SMILES string of the molecule is CCc1cc(OCc2c(OC(F)F)cccc2N(N)C(=O)N(C)N)c(CC)cc1O. The van der Waals surface area contributed by atoms with Crippen LogP contribution in [0, 0.1) is 0 Å². The van der Waals surface area contributed by atoms with Crippen LogP contribution in [0.15, 0.2) is 30.3 Å². The first-order valence-electron chi connectivity index (χ1n) is 9.30. The van der Waals surface area contributed by atoms with Gasteiger partial charge in [0.1, 0.15) is 23.9 Å². The maximum atomic E-state index is 12.9.